The molecule has 0 fully saturated rings. The van der Waals surface area contributed by atoms with Crippen molar-refractivity contribution in [3.05, 3.63) is 16.5 Å². The molecule has 4 nitrogen and oxygen atoms in total. The highest BCUT2D eigenvalue weighted by Gasteiger charge is 2.00. The number of hydrogen-bond donors (Lipinski definition) is 1. The van der Waals surface area contributed by atoms with Crippen LogP contribution in [-0.4, -0.2) is 16.6 Å². The first kappa shape index (κ1) is 9.41. The zero-order valence-corrected chi connectivity index (χ0v) is 8.34. The van der Waals surface area contributed by atoms with Gasteiger partial charge in [-0.2, -0.15) is 0 Å². The molecule has 1 aromatic rings. The number of nitrogens with two attached hydrogens (primary N) is 1. The lowest BCUT2D eigenvalue weighted by Gasteiger charge is -2.01. The van der Waals surface area contributed by atoms with E-state index in [-0.39, 0.29) is 0 Å². The third-order valence-corrected chi connectivity index (χ3v) is 1.87. The molecule has 0 saturated heterocycles. The average Bonchev–Trinajstić information content (AvgIpc) is 2.07. The molecule has 1 rings (SSSR count). The summed E-state index contributed by atoms with van der Waals surface area (Å²) in [6, 6.07) is 0. The number of halogens is 1. The van der Waals surface area contributed by atoms with Gasteiger partial charge in [-0.3, -0.25) is 0 Å². The summed E-state index contributed by atoms with van der Waals surface area (Å²) < 4.78 is 5.83. The van der Waals surface area contributed by atoms with Crippen LogP contribution in [0, 0.1) is 0 Å². The zero-order valence-electron chi connectivity index (χ0n) is 6.75. The second-order valence-electron chi connectivity index (χ2n) is 2.16. The van der Waals surface area contributed by atoms with Crippen molar-refractivity contribution < 1.29 is 4.74 Å². The van der Waals surface area contributed by atoms with Crippen LogP contribution in [-0.2, 0) is 11.3 Å². The quantitative estimate of drug-likeness (QED) is 0.854. The van der Waals surface area contributed by atoms with Crippen LogP contribution in [0.3, 0.4) is 0 Å². The van der Waals surface area contributed by atoms with Crippen molar-refractivity contribution in [3.63, 3.8) is 0 Å². The zero-order chi connectivity index (χ0) is 8.97. The van der Waals surface area contributed by atoms with E-state index in [9.17, 15) is 0 Å². The minimum atomic E-state index is 0.411. The number of rotatable bonds is 3. The molecule has 0 radical (unpaired) electrons. The molecule has 0 aliphatic rings. The normalized spacial score (nSPS) is 10.2. The highest BCUT2D eigenvalue weighted by molar-refractivity contribution is 9.10. The van der Waals surface area contributed by atoms with Crippen molar-refractivity contribution in [2.24, 2.45) is 0 Å². The van der Waals surface area contributed by atoms with Crippen LogP contribution in [0.15, 0.2) is 10.7 Å². The van der Waals surface area contributed by atoms with E-state index in [1.54, 1.807) is 6.20 Å². The van der Waals surface area contributed by atoms with Gasteiger partial charge in [0, 0.05) is 12.8 Å². The molecule has 0 bridgehead atoms. The van der Waals surface area contributed by atoms with E-state index in [0.717, 1.165) is 0 Å². The monoisotopic (exact) mass is 231 g/mol. The fraction of sp³-hybridized carbons (Fsp3) is 0.429. The minimum absolute atomic E-state index is 0.411. The maximum absolute atomic E-state index is 5.54. The lowest BCUT2D eigenvalue weighted by molar-refractivity contribution is 0.128. The third kappa shape index (κ3) is 2.42. The van der Waals surface area contributed by atoms with Crippen molar-refractivity contribution in [1.29, 1.82) is 0 Å². The first-order chi connectivity index (χ1) is 5.74. The highest BCUT2D eigenvalue weighted by Crippen LogP contribution is 2.14. The van der Waals surface area contributed by atoms with Gasteiger partial charge >= 0.3 is 0 Å². The standard InChI is InChI=1S/C7H10BrN3O/c1-2-12-4-6-10-3-5(8)7(9)11-6/h3H,2,4H2,1H3,(H2,9,10,11). The molecule has 0 aliphatic heterocycles. The molecule has 1 heterocycles. The van der Waals surface area contributed by atoms with Gasteiger partial charge in [-0.05, 0) is 22.9 Å². The van der Waals surface area contributed by atoms with Gasteiger partial charge < -0.3 is 10.5 Å². The molecule has 0 aromatic carbocycles. The molecule has 0 saturated carbocycles. The molecule has 5 heteroatoms. The van der Waals surface area contributed by atoms with Crippen LogP contribution in [0.1, 0.15) is 12.7 Å². The fourth-order valence-corrected chi connectivity index (χ4v) is 0.873. The van der Waals surface area contributed by atoms with Gasteiger partial charge in [-0.25, -0.2) is 9.97 Å². The fourth-order valence-electron chi connectivity index (χ4n) is 0.682. The Balaban J connectivity index is 2.69. The molecule has 0 aliphatic carbocycles. The molecule has 2 N–H and O–H groups in total. The number of hydrogen-bond acceptors (Lipinski definition) is 4. The third-order valence-electron chi connectivity index (χ3n) is 1.26. The van der Waals surface area contributed by atoms with Gasteiger partial charge in [0.1, 0.15) is 12.4 Å². The Morgan fingerprint density at radius 3 is 3.00 bits per heavy atom. The number of anilines is 1. The summed E-state index contributed by atoms with van der Waals surface area (Å²) in [6.07, 6.45) is 1.62. The van der Waals surface area contributed by atoms with Gasteiger partial charge in [0.2, 0.25) is 0 Å². The first-order valence-electron chi connectivity index (χ1n) is 3.58. The van der Waals surface area contributed by atoms with Gasteiger partial charge in [-0.15, -0.1) is 0 Å². The highest BCUT2D eigenvalue weighted by atomic mass is 79.9. The first-order valence-corrected chi connectivity index (χ1v) is 4.38. The maximum Gasteiger partial charge on any atom is 0.156 e. The Kier molecular flexibility index (Phi) is 3.43. The second kappa shape index (κ2) is 4.37. The lowest BCUT2D eigenvalue weighted by atomic mass is 10.5. The SMILES string of the molecule is CCOCc1ncc(Br)c(N)n1. The average molecular weight is 232 g/mol. The van der Waals surface area contributed by atoms with Crippen molar-refractivity contribution in [1.82, 2.24) is 9.97 Å². The van der Waals surface area contributed by atoms with Crippen LogP contribution in [0.2, 0.25) is 0 Å². The summed E-state index contributed by atoms with van der Waals surface area (Å²) in [6.45, 7) is 2.98. The molecule has 12 heavy (non-hydrogen) atoms. The molecule has 1 aromatic heterocycles. The molecule has 0 unspecified atom stereocenters. The molecular weight excluding hydrogens is 222 g/mol. The largest absolute Gasteiger partial charge is 0.383 e. The van der Waals surface area contributed by atoms with Crippen LogP contribution in [0.4, 0.5) is 5.82 Å². The molecule has 0 spiro atoms. The topological polar surface area (TPSA) is 61.0 Å². The van der Waals surface area contributed by atoms with Crippen molar-refractivity contribution >= 4 is 21.7 Å². The summed E-state index contributed by atoms with van der Waals surface area (Å²) >= 11 is 3.21. The number of ether oxygens (including phenoxy) is 1. The Morgan fingerprint density at radius 2 is 2.42 bits per heavy atom. The van der Waals surface area contributed by atoms with E-state index in [2.05, 4.69) is 25.9 Å². The predicted molar refractivity (Wildman–Crippen MR) is 49.5 cm³/mol. The molecule has 0 amide bonds. The van der Waals surface area contributed by atoms with Crippen molar-refractivity contribution in [3.8, 4) is 0 Å². The van der Waals surface area contributed by atoms with E-state index >= 15 is 0 Å². The Morgan fingerprint density at radius 1 is 1.67 bits per heavy atom. The van der Waals surface area contributed by atoms with Crippen molar-refractivity contribution in [2.45, 2.75) is 13.5 Å². The number of nitrogens with zero attached hydrogens (tertiary/aromatic N) is 2. The number of aromatic nitrogens is 2. The van der Waals surface area contributed by atoms with E-state index in [1.807, 2.05) is 6.92 Å². The predicted octanol–water partition coefficient (Wildman–Crippen LogP) is 1.36. The molecule has 66 valence electrons. The summed E-state index contributed by atoms with van der Waals surface area (Å²) in [5.41, 5.74) is 5.54. The van der Waals surface area contributed by atoms with Gasteiger partial charge in [0.15, 0.2) is 5.82 Å². The van der Waals surface area contributed by atoms with Crippen LogP contribution in [0.5, 0.6) is 0 Å². The molecular formula is C7H10BrN3O. The van der Waals surface area contributed by atoms with Gasteiger partial charge in [-0.1, -0.05) is 0 Å². The van der Waals surface area contributed by atoms with Crippen LogP contribution < -0.4 is 5.73 Å². The molecule has 0 atom stereocenters. The second-order valence-corrected chi connectivity index (χ2v) is 3.01. The summed E-state index contributed by atoms with van der Waals surface area (Å²) in [5, 5.41) is 0. The van der Waals surface area contributed by atoms with Crippen molar-refractivity contribution in [2.75, 3.05) is 12.3 Å². The van der Waals surface area contributed by atoms with Gasteiger partial charge in [0.25, 0.3) is 0 Å². The van der Waals surface area contributed by atoms with E-state index in [4.69, 9.17) is 10.5 Å². The number of nitrogen functional groups attached to an aromatic ring is 1. The smallest absolute Gasteiger partial charge is 0.156 e. The van der Waals surface area contributed by atoms with Crippen LogP contribution in [0.25, 0.3) is 0 Å². The minimum Gasteiger partial charge on any atom is -0.383 e. The summed E-state index contributed by atoms with van der Waals surface area (Å²) in [7, 11) is 0. The van der Waals surface area contributed by atoms with E-state index in [1.165, 1.54) is 0 Å². The van der Waals surface area contributed by atoms with Gasteiger partial charge in [0.05, 0.1) is 4.47 Å². The summed E-state index contributed by atoms with van der Waals surface area (Å²) in [5.74, 6) is 1.05. The van der Waals surface area contributed by atoms with E-state index in [0.29, 0.717) is 29.3 Å². The van der Waals surface area contributed by atoms with Crippen LogP contribution >= 0.6 is 15.9 Å². The Bertz CT molecular complexity index is 267. The summed E-state index contributed by atoms with van der Waals surface area (Å²) in [4.78, 5) is 8.02. The maximum atomic E-state index is 5.54. The Hall–Kier alpha value is -0.680. The lowest BCUT2D eigenvalue weighted by Crippen LogP contribution is -2.02. The van der Waals surface area contributed by atoms with E-state index < -0.39 is 0 Å². The Labute approximate surface area is 79.3 Å².